The number of ether oxygens (including phenoxy) is 1. The third-order valence-corrected chi connectivity index (χ3v) is 2.41. The molecule has 4 nitrogen and oxygen atoms in total. The summed E-state index contributed by atoms with van der Waals surface area (Å²) in [5.74, 6) is 0.771. The van der Waals surface area contributed by atoms with Gasteiger partial charge in [0.2, 0.25) is 0 Å². The molecule has 0 unspecified atom stereocenters. The van der Waals surface area contributed by atoms with Gasteiger partial charge in [-0.25, -0.2) is 9.98 Å². The third kappa shape index (κ3) is 3.15. The highest BCUT2D eigenvalue weighted by molar-refractivity contribution is 6.30. The molecule has 0 bridgehead atoms. The van der Waals surface area contributed by atoms with Gasteiger partial charge in [0.05, 0.1) is 5.69 Å². The smallest absolute Gasteiger partial charge is 0.140 e. The van der Waals surface area contributed by atoms with Crippen LogP contribution in [0.3, 0.4) is 0 Å². The van der Waals surface area contributed by atoms with E-state index in [2.05, 4.69) is 9.98 Å². The van der Waals surface area contributed by atoms with Gasteiger partial charge in [-0.1, -0.05) is 11.6 Å². The summed E-state index contributed by atoms with van der Waals surface area (Å²) in [4.78, 5) is 8.47. The van der Waals surface area contributed by atoms with E-state index in [1.807, 2.05) is 22.9 Å². The van der Waals surface area contributed by atoms with E-state index in [4.69, 9.17) is 16.3 Å². The first kappa shape index (κ1) is 11.8. The number of aromatic nitrogens is 2. The lowest BCUT2D eigenvalue weighted by Gasteiger charge is -2.06. The Kier molecular flexibility index (Phi) is 3.90. The fraction of sp³-hybridized carbons (Fsp3) is 0.167. The van der Waals surface area contributed by atoms with Crippen LogP contribution < -0.4 is 0 Å². The number of halogens is 1. The number of imidazole rings is 1. The Hall–Kier alpha value is -1.65. The van der Waals surface area contributed by atoms with Gasteiger partial charge in [-0.3, -0.25) is 4.57 Å². The fourth-order valence-corrected chi connectivity index (χ4v) is 1.50. The van der Waals surface area contributed by atoms with E-state index < -0.39 is 0 Å². The second-order valence-electron chi connectivity index (χ2n) is 3.41. The maximum Gasteiger partial charge on any atom is 0.140 e. The molecule has 0 atom stereocenters. The summed E-state index contributed by atoms with van der Waals surface area (Å²) >= 11 is 5.82. The summed E-state index contributed by atoms with van der Waals surface area (Å²) < 4.78 is 6.94. The molecule has 0 amide bonds. The Balaban J connectivity index is 2.29. The summed E-state index contributed by atoms with van der Waals surface area (Å²) in [6, 6.07) is 7.32. The van der Waals surface area contributed by atoms with Crippen LogP contribution in [0, 0.1) is 0 Å². The molecule has 0 radical (unpaired) electrons. The summed E-state index contributed by atoms with van der Waals surface area (Å²) in [6.45, 7) is 0.416. The van der Waals surface area contributed by atoms with Crippen LogP contribution in [0.1, 0.15) is 0 Å². The van der Waals surface area contributed by atoms with Crippen molar-refractivity contribution in [3.05, 3.63) is 48.0 Å². The first-order valence-electron chi connectivity index (χ1n) is 5.10. The highest BCUT2D eigenvalue weighted by Crippen LogP contribution is 2.16. The van der Waals surface area contributed by atoms with E-state index in [0.29, 0.717) is 11.6 Å². The van der Waals surface area contributed by atoms with Crippen molar-refractivity contribution in [3.63, 3.8) is 0 Å². The Bertz CT molecular complexity index is 491. The van der Waals surface area contributed by atoms with Gasteiger partial charge < -0.3 is 4.74 Å². The number of aliphatic imine (C=N–C) groups is 1. The second-order valence-corrected chi connectivity index (χ2v) is 3.84. The number of methoxy groups -OCH3 is 1. The molecule has 1 aromatic heterocycles. The van der Waals surface area contributed by atoms with Crippen molar-refractivity contribution in [3.8, 4) is 0 Å². The minimum atomic E-state index is 0.416. The Morgan fingerprint density at radius 3 is 2.76 bits per heavy atom. The van der Waals surface area contributed by atoms with Gasteiger partial charge in [-0.05, 0) is 24.3 Å². The highest BCUT2D eigenvalue weighted by Gasteiger charge is 2.01. The molecule has 1 aromatic carbocycles. The number of hydrogen-bond acceptors (Lipinski definition) is 3. The molecule has 2 aromatic rings. The minimum Gasteiger partial charge on any atom is -0.377 e. The van der Waals surface area contributed by atoms with Gasteiger partial charge in [0.1, 0.15) is 18.8 Å². The zero-order chi connectivity index (χ0) is 12.1. The highest BCUT2D eigenvalue weighted by atomic mass is 35.5. The summed E-state index contributed by atoms with van der Waals surface area (Å²) in [5.41, 5.74) is 0.829. The summed E-state index contributed by atoms with van der Waals surface area (Å²) in [7, 11) is 1.63. The molecule has 0 aliphatic heterocycles. The monoisotopic (exact) mass is 249 g/mol. The lowest BCUT2D eigenvalue weighted by Crippen LogP contribution is -2.15. The summed E-state index contributed by atoms with van der Waals surface area (Å²) in [5, 5.41) is 0.694. The van der Waals surface area contributed by atoms with Crippen molar-refractivity contribution >= 4 is 23.1 Å². The van der Waals surface area contributed by atoms with Gasteiger partial charge >= 0.3 is 0 Å². The van der Waals surface area contributed by atoms with Crippen molar-refractivity contribution in [2.45, 2.75) is 0 Å². The van der Waals surface area contributed by atoms with E-state index in [-0.39, 0.29) is 0 Å². The predicted octanol–water partition coefficient (Wildman–Crippen LogP) is 2.76. The van der Waals surface area contributed by atoms with Gasteiger partial charge in [0.15, 0.2) is 0 Å². The lowest BCUT2D eigenvalue weighted by atomic mass is 10.3. The molecule has 2 rings (SSSR count). The Morgan fingerprint density at radius 1 is 1.41 bits per heavy atom. The van der Waals surface area contributed by atoms with Gasteiger partial charge in [-0.15, -0.1) is 0 Å². The first-order valence-corrected chi connectivity index (χ1v) is 5.48. The van der Waals surface area contributed by atoms with Crippen LogP contribution in [0.25, 0.3) is 0 Å². The zero-order valence-electron chi connectivity index (χ0n) is 9.38. The average Bonchev–Trinajstić information content (AvgIpc) is 2.85. The quantitative estimate of drug-likeness (QED) is 0.620. The molecule has 0 fully saturated rings. The lowest BCUT2D eigenvalue weighted by molar-refractivity contribution is 0.243. The minimum absolute atomic E-state index is 0.416. The molecule has 0 spiro atoms. The molecule has 1 heterocycles. The molecular weight excluding hydrogens is 238 g/mol. The topological polar surface area (TPSA) is 39.4 Å². The normalized spacial score (nSPS) is 11.8. The number of nitrogens with zero attached hydrogens (tertiary/aromatic N) is 3. The van der Waals surface area contributed by atoms with Gasteiger partial charge in [-0.2, -0.15) is 0 Å². The van der Waals surface area contributed by atoms with E-state index in [1.54, 1.807) is 31.8 Å². The maximum absolute atomic E-state index is 5.82. The first-order chi connectivity index (χ1) is 8.29. The van der Waals surface area contributed by atoms with E-state index in [9.17, 15) is 0 Å². The Labute approximate surface area is 105 Å². The van der Waals surface area contributed by atoms with Crippen LogP contribution in [0.15, 0.2) is 48.0 Å². The molecule has 88 valence electrons. The van der Waals surface area contributed by atoms with Crippen LogP contribution in [-0.4, -0.2) is 29.1 Å². The van der Waals surface area contributed by atoms with Gasteiger partial charge in [0, 0.05) is 24.5 Å². The van der Waals surface area contributed by atoms with Gasteiger partial charge in [0.25, 0.3) is 0 Å². The van der Waals surface area contributed by atoms with Crippen molar-refractivity contribution in [2.24, 2.45) is 4.99 Å². The second kappa shape index (κ2) is 5.61. The van der Waals surface area contributed by atoms with Crippen molar-refractivity contribution in [2.75, 3.05) is 13.7 Å². The number of hydrogen-bond donors (Lipinski definition) is 0. The van der Waals surface area contributed by atoms with Crippen LogP contribution in [0.4, 0.5) is 5.69 Å². The average molecular weight is 250 g/mol. The molecule has 0 aliphatic rings. The van der Waals surface area contributed by atoms with Crippen LogP contribution >= 0.6 is 11.6 Å². The molecule has 0 saturated carbocycles. The largest absolute Gasteiger partial charge is 0.377 e. The molecular formula is C12H12ClN3O. The van der Waals surface area contributed by atoms with Crippen molar-refractivity contribution < 1.29 is 4.74 Å². The predicted molar refractivity (Wildman–Crippen MR) is 68.0 cm³/mol. The Morgan fingerprint density at radius 2 is 2.18 bits per heavy atom. The van der Waals surface area contributed by atoms with E-state index >= 15 is 0 Å². The molecule has 0 saturated heterocycles. The van der Waals surface area contributed by atoms with Crippen LogP contribution in [-0.2, 0) is 4.74 Å². The standard InChI is InChI=1S/C12H12ClN3O/c1-17-8-12(16-7-6-14-9-16)15-11-4-2-10(13)3-5-11/h2-7,9H,8H2,1H3/b15-12+. The summed E-state index contributed by atoms with van der Waals surface area (Å²) in [6.07, 6.45) is 5.22. The van der Waals surface area contributed by atoms with Crippen molar-refractivity contribution in [1.29, 1.82) is 0 Å². The number of rotatable bonds is 3. The maximum atomic E-state index is 5.82. The third-order valence-electron chi connectivity index (χ3n) is 2.16. The molecule has 17 heavy (non-hydrogen) atoms. The van der Waals surface area contributed by atoms with Crippen LogP contribution in [0.2, 0.25) is 5.02 Å². The zero-order valence-corrected chi connectivity index (χ0v) is 10.1. The fourth-order valence-electron chi connectivity index (χ4n) is 1.37. The molecule has 0 aliphatic carbocycles. The molecule has 0 N–H and O–H groups in total. The van der Waals surface area contributed by atoms with Crippen molar-refractivity contribution in [1.82, 2.24) is 9.55 Å². The SMILES string of the molecule is COC/C(=N\c1ccc(Cl)cc1)n1ccnc1. The van der Waals surface area contributed by atoms with E-state index in [0.717, 1.165) is 11.5 Å². The number of benzene rings is 1. The van der Waals surface area contributed by atoms with E-state index in [1.165, 1.54) is 0 Å². The molecule has 5 heteroatoms. The van der Waals surface area contributed by atoms with Crippen LogP contribution in [0.5, 0.6) is 0 Å².